The fourth-order valence-corrected chi connectivity index (χ4v) is 3.65. The summed E-state index contributed by atoms with van der Waals surface area (Å²) in [5.74, 6) is -0.00123. The summed E-state index contributed by atoms with van der Waals surface area (Å²) in [7, 11) is 1.69. The molecule has 1 fully saturated rings. The lowest BCUT2D eigenvalue weighted by atomic mass is 9.94. The number of para-hydroxylation sites is 1. The highest BCUT2D eigenvalue weighted by Gasteiger charge is 2.30. The van der Waals surface area contributed by atoms with Crippen molar-refractivity contribution in [3.8, 4) is 0 Å². The highest BCUT2D eigenvalue weighted by molar-refractivity contribution is 5.89. The second kappa shape index (κ2) is 10.5. The number of piperidine rings is 1. The van der Waals surface area contributed by atoms with E-state index in [9.17, 15) is 9.59 Å². The molecule has 1 aromatic heterocycles. The number of carbonyl (C=O) groups is 1. The number of carbonyl (C=O) groups excluding carboxylic acids is 1. The van der Waals surface area contributed by atoms with Crippen LogP contribution in [0.15, 0.2) is 35.1 Å². The third kappa shape index (κ3) is 5.32. The Labute approximate surface area is 175 Å². The summed E-state index contributed by atoms with van der Waals surface area (Å²) in [6.45, 7) is 7.02. The molecule has 30 heavy (non-hydrogen) atoms. The van der Waals surface area contributed by atoms with Crippen molar-refractivity contribution in [3.05, 3.63) is 40.8 Å². The number of ether oxygens (including phenoxy) is 1. The van der Waals surface area contributed by atoms with Gasteiger partial charge < -0.3 is 4.74 Å². The monoisotopic (exact) mass is 418 g/mol. The van der Waals surface area contributed by atoms with E-state index >= 15 is 0 Å². The lowest BCUT2D eigenvalue weighted by Crippen LogP contribution is -2.48. The summed E-state index contributed by atoms with van der Waals surface area (Å²) in [6, 6.07) is 9.32. The molecule has 0 spiro atoms. The minimum absolute atomic E-state index is 0.0219. The first-order valence-electron chi connectivity index (χ1n) is 10.3. The third-order valence-corrected chi connectivity index (χ3v) is 5.40. The van der Waals surface area contributed by atoms with E-state index in [-0.39, 0.29) is 23.6 Å². The van der Waals surface area contributed by atoms with E-state index in [0.29, 0.717) is 31.9 Å². The number of methoxy groups -OCH3 is 1. The minimum Gasteiger partial charge on any atom is -0.380 e. The zero-order chi connectivity index (χ0) is 21.5. The van der Waals surface area contributed by atoms with Crippen molar-refractivity contribution >= 4 is 11.6 Å². The van der Waals surface area contributed by atoms with Gasteiger partial charge in [0.15, 0.2) is 0 Å². The second-order valence-corrected chi connectivity index (χ2v) is 7.37. The highest BCUT2D eigenvalue weighted by Crippen LogP contribution is 2.22. The van der Waals surface area contributed by atoms with Gasteiger partial charge in [0, 0.05) is 39.6 Å². The standard InChI is InChI=1S/C20H30N6O4/c1-4-24-20(28)25(22-21-24)13-12-23-11-10-17(19(14-23)29-3)15-30-26(16(2)27)18-8-6-5-7-9-18/h5-9,17,19H,4,10-15H2,1-3H3/t17-,19-/m0/s1. The van der Waals surface area contributed by atoms with Crippen LogP contribution in [0, 0.1) is 5.92 Å². The molecule has 0 saturated carbocycles. The first kappa shape index (κ1) is 22.1. The summed E-state index contributed by atoms with van der Waals surface area (Å²) >= 11 is 0. The number of benzene rings is 1. The number of amides is 1. The van der Waals surface area contributed by atoms with E-state index < -0.39 is 0 Å². The van der Waals surface area contributed by atoms with Crippen molar-refractivity contribution in [2.75, 3.05) is 38.4 Å². The summed E-state index contributed by atoms with van der Waals surface area (Å²) < 4.78 is 8.44. The van der Waals surface area contributed by atoms with Crippen molar-refractivity contribution in [2.24, 2.45) is 5.92 Å². The van der Waals surface area contributed by atoms with Gasteiger partial charge in [0.2, 0.25) is 5.91 Å². The quantitative estimate of drug-likeness (QED) is 0.556. The Bertz CT molecular complexity index is 868. The average Bonchev–Trinajstić information content (AvgIpc) is 3.12. The molecule has 1 aromatic carbocycles. The molecule has 0 bridgehead atoms. The van der Waals surface area contributed by atoms with E-state index in [1.165, 1.54) is 21.4 Å². The molecule has 2 heterocycles. The van der Waals surface area contributed by atoms with Crippen LogP contribution in [0.5, 0.6) is 0 Å². The first-order chi connectivity index (χ1) is 14.5. The Morgan fingerprint density at radius 2 is 1.93 bits per heavy atom. The van der Waals surface area contributed by atoms with Crippen molar-refractivity contribution in [2.45, 2.75) is 39.5 Å². The van der Waals surface area contributed by atoms with Gasteiger partial charge in [0.1, 0.15) is 0 Å². The molecule has 0 aliphatic carbocycles. The molecule has 1 aliphatic rings. The highest BCUT2D eigenvalue weighted by atomic mass is 16.7. The number of hydrogen-bond acceptors (Lipinski definition) is 7. The molecule has 10 heteroatoms. The van der Waals surface area contributed by atoms with E-state index in [2.05, 4.69) is 15.3 Å². The molecule has 2 aromatic rings. The van der Waals surface area contributed by atoms with Crippen LogP contribution in [0.2, 0.25) is 0 Å². The Morgan fingerprint density at radius 3 is 2.57 bits per heavy atom. The number of rotatable bonds is 9. The summed E-state index contributed by atoms with van der Waals surface area (Å²) in [4.78, 5) is 32.2. The SMILES string of the molecule is CCn1nnn(CCN2CC[C@@H](CON(C(C)=O)c3ccccc3)[C@@H](OC)C2)c1=O. The van der Waals surface area contributed by atoms with Gasteiger partial charge in [-0.05, 0) is 42.4 Å². The summed E-state index contributed by atoms with van der Waals surface area (Å²) in [5, 5.41) is 9.10. The number of hydroxylamine groups is 1. The van der Waals surface area contributed by atoms with Crippen LogP contribution in [0.4, 0.5) is 5.69 Å². The molecule has 1 saturated heterocycles. The topological polar surface area (TPSA) is 94.7 Å². The Balaban J connectivity index is 1.53. The second-order valence-electron chi connectivity index (χ2n) is 7.37. The largest absolute Gasteiger partial charge is 0.380 e. The van der Waals surface area contributed by atoms with E-state index in [1.807, 2.05) is 37.3 Å². The Hall–Kier alpha value is -2.56. The number of anilines is 1. The number of nitrogens with zero attached hydrogens (tertiary/aromatic N) is 6. The van der Waals surface area contributed by atoms with Crippen LogP contribution in [0.3, 0.4) is 0 Å². The van der Waals surface area contributed by atoms with Crippen LogP contribution < -0.4 is 10.8 Å². The molecule has 0 N–H and O–H groups in total. The zero-order valence-electron chi connectivity index (χ0n) is 17.8. The van der Waals surface area contributed by atoms with Gasteiger partial charge in [-0.2, -0.15) is 14.4 Å². The molecule has 1 aliphatic heterocycles. The lowest BCUT2D eigenvalue weighted by Gasteiger charge is -2.38. The van der Waals surface area contributed by atoms with Gasteiger partial charge in [-0.1, -0.05) is 18.2 Å². The fourth-order valence-electron chi connectivity index (χ4n) is 3.65. The normalized spacial score (nSPS) is 19.7. The number of likely N-dealkylation sites (tertiary alicyclic amines) is 1. The molecule has 10 nitrogen and oxygen atoms in total. The number of hydrogen-bond donors (Lipinski definition) is 0. The molecule has 0 unspecified atom stereocenters. The predicted molar refractivity (Wildman–Crippen MR) is 111 cm³/mol. The number of tetrazole rings is 1. The number of aryl methyl sites for hydroxylation is 1. The fraction of sp³-hybridized carbons (Fsp3) is 0.600. The minimum atomic E-state index is -0.186. The van der Waals surface area contributed by atoms with E-state index in [1.54, 1.807) is 7.11 Å². The predicted octanol–water partition coefficient (Wildman–Crippen LogP) is 0.781. The number of aromatic nitrogens is 4. The smallest absolute Gasteiger partial charge is 0.363 e. The van der Waals surface area contributed by atoms with Crippen LogP contribution >= 0.6 is 0 Å². The van der Waals surface area contributed by atoms with Crippen LogP contribution in [-0.2, 0) is 27.5 Å². The molecule has 0 radical (unpaired) electrons. The molecular formula is C20H30N6O4. The maximum Gasteiger partial charge on any atom is 0.363 e. The van der Waals surface area contributed by atoms with Gasteiger partial charge in [0.25, 0.3) is 0 Å². The van der Waals surface area contributed by atoms with Crippen LogP contribution in [0.25, 0.3) is 0 Å². The van der Waals surface area contributed by atoms with Gasteiger partial charge in [-0.3, -0.25) is 14.5 Å². The van der Waals surface area contributed by atoms with Gasteiger partial charge in [0.05, 0.1) is 24.9 Å². The maximum absolute atomic E-state index is 12.1. The molecule has 1 amide bonds. The van der Waals surface area contributed by atoms with Gasteiger partial charge in [-0.25, -0.2) is 4.79 Å². The van der Waals surface area contributed by atoms with Crippen molar-refractivity contribution < 1.29 is 14.4 Å². The molecular weight excluding hydrogens is 388 g/mol. The van der Waals surface area contributed by atoms with Gasteiger partial charge >= 0.3 is 5.69 Å². The maximum atomic E-state index is 12.1. The summed E-state index contributed by atoms with van der Waals surface area (Å²) in [5.41, 5.74) is 0.524. The zero-order valence-corrected chi connectivity index (χ0v) is 17.8. The molecule has 164 valence electrons. The van der Waals surface area contributed by atoms with Crippen molar-refractivity contribution in [1.82, 2.24) is 24.7 Å². The van der Waals surface area contributed by atoms with Crippen LogP contribution in [0.1, 0.15) is 20.3 Å². The van der Waals surface area contributed by atoms with E-state index in [0.717, 1.165) is 19.5 Å². The van der Waals surface area contributed by atoms with Crippen molar-refractivity contribution in [3.63, 3.8) is 0 Å². The summed E-state index contributed by atoms with van der Waals surface area (Å²) in [6.07, 6.45) is 0.849. The van der Waals surface area contributed by atoms with Gasteiger partial charge in [-0.15, -0.1) is 0 Å². The van der Waals surface area contributed by atoms with Crippen LogP contribution in [-0.4, -0.2) is 70.1 Å². The van der Waals surface area contributed by atoms with E-state index in [4.69, 9.17) is 9.57 Å². The molecule has 2 atom stereocenters. The first-order valence-corrected chi connectivity index (χ1v) is 10.3. The molecule has 3 rings (SSSR count). The van der Waals surface area contributed by atoms with Crippen molar-refractivity contribution in [1.29, 1.82) is 0 Å². The lowest BCUT2D eigenvalue weighted by molar-refractivity contribution is -0.126. The Kier molecular flexibility index (Phi) is 7.72. The third-order valence-electron chi connectivity index (χ3n) is 5.40. The Morgan fingerprint density at radius 1 is 1.20 bits per heavy atom. The average molecular weight is 418 g/mol.